The quantitative estimate of drug-likeness (QED) is 0.395. The smallest absolute Gasteiger partial charge is 0.263 e. The van der Waals surface area contributed by atoms with Crippen LogP contribution in [0.1, 0.15) is 42.5 Å². The molecule has 0 bridgehead atoms. The van der Waals surface area contributed by atoms with Gasteiger partial charge < -0.3 is 0 Å². The summed E-state index contributed by atoms with van der Waals surface area (Å²) in [7, 11) is -3.19. The molecule has 1 aliphatic rings. The van der Waals surface area contributed by atoms with E-state index in [0.717, 1.165) is 34.5 Å². The minimum Gasteiger partial charge on any atom is -0.283 e. The maximum Gasteiger partial charge on any atom is 0.263 e. The molecule has 0 radical (unpaired) electrons. The third kappa shape index (κ3) is 3.76. The Hall–Kier alpha value is -1.12. The third-order valence-electron chi connectivity index (χ3n) is 5.58. The molecule has 2 aromatic heterocycles. The number of aromatic nitrogens is 2. The molecule has 27 heavy (non-hydrogen) atoms. The molecule has 0 aromatic carbocycles. The SMILES string of the molecule is C=CCn1c(SCC2(S(C)(=O)=O)CCCCC2)nc2sc(C)c(C)c2c1=O. The van der Waals surface area contributed by atoms with Gasteiger partial charge in [0, 0.05) is 23.4 Å². The number of hydrogen-bond donors (Lipinski definition) is 0. The number of rotatable bonds is 6. The summed E-state index contributed by atoms with van der Waals surface area (Å²) in [6.45, 7) is 8.06. The number of hydrogen-bond acceptors (Lipinski definition) is 6. The van der Waals surface area contributed by atoms with Gasteiger partial charge in [-0.15, -0.1) is 17.9 Å². The van der Waals surface area contributed by atoms with Crippen LogP contribution in [0.15, 0.2) is 22.6 Å². The van der Waals surface area contributed by atoms with Crippen molar-refractivity contribution in [3.05, 3.63) is 33.4 Å². The Bertz CT molecular complexity index is 1030. The van der Waals surface area contributed by atoms with Crippen LogP contribution in [0.25, 0.3) is 10.2 Å². The number of nitrogens with zero attached hydrogens (tertiary/aromatic N) is 2. The number of thiophene rings is 1. The second kappa shape index (κ2) is 7.72. The van der Waals surface area contributed by atoms with Crippen LogP contribution in [0.3, 0.4) is 0 Å². The van der Waals surface area contributed by atoms with E-state index in [0.29, 0.717) is 35.7 Å². The maximum absolute atomic E-state index is 13.1. The van der Waals surface area contributed by atoms with Gasteiger partial charge in [-0.3, -0.25) is 9.36 Å². The molecular weight excluding hydrogens is 400 g/mol. The van der Waals surface area contributed by atoms with Crippen molar-refractivity contribution < 1.29 is 8.42 Å². The van der Waals surface area contributed by atoms with Crippen LogP contribution < -0.4 is 5.56 Å². The summed E-state index contributed by atoms with van der Waals surface area (Å²) in [5.74, 6) is 0.435. The summed E-state index contributed by atoms with van der Waals surface area (Å²) >= 11 is 2.91. The lowest BCUT2D eigenvalue weighted by Crippen LogP contribution is -2.42. The predicted molar refractivity (Wildman–Crippen MR) is 115 cm³/mol. The molecular formula is C19H26N2O3S3. The zero-order valence-electron chi connectivity index (χ0n) is 16.1. The third-order valence-corrected chi connectivity index (χ3v) is 10.3. The standard InChI is InChI=1S/C19H26N2O3S3/c1-5-11-21-17(22)15-13(2)14(3)26-16(15)20-18(21)25-12-19(27(4,23)24)9-7-6-8-10-19/h5H,1,6-12H2,2-4H3. The lowest BCUT2D eigenvalue weighted by molar-refractivity contribution is 0.401. The van der Waals surface area contributed by atoms with E-state index in [9.17, 15) is 13.2 Å². The van der Waals surface area contributed by atoms with Gasteiger partial charge in [-0.05, 0) is 32.3 Å². The molecule has 1 fully saturated rings. The predicted octanol–water partition coefficient (Wildman–Crippen LogP) is 4.10. The summed E-state index contributed by atoms with van der Waals surface area (Å²) in [5, 5.41) is 1.25. The Morgan fingerprint density at radius 3 is 2.56 bits per heavy atom. The monoisotopic (exact) mass is 426 g/mol. The van der Waals surface area contributed by atoms with Crippen molar-refractivity contribution in [3.8, 4) is 0 Å². The molecule has 8 heteroatoms. The van der Waals surface area contributed by atoms with E-state index in [1.807, 2.05) is 13.8 Å². The first-order valence-electron chi connectivity index (χ1n) is 9.14. The van der Waals surface area contributed by atoms with Gasteiger partial charge in [0.25, 0.3) is 5.56 Å². The molecule has 0 unspecified atom stereocenters. The summed E-state index contributed by atoms with van der Waals surface area (Å²) in [5.41, 5.74) is 0.906. The van der Waals surface area contributed by atoms with Crippen LogP contribution in [-0.4, -0.2) is 34.7 Å². The van der Waals surface area contributed by atoms with Crippen molar-refractivity contribution in [1.82, 2.24) is 9.55 Å². The van der Waals surface area contributed by atoms with Crippen LogP contribution >= 0.6 is 23.1 Å². The fourth-order valence-corrected chi connectivity index (χ4v) is 8.01. The summed E-state index contributed by atoms with van der Waals surface area (Å²) < 4.78 is 26.0. The van der Waals surface area contributed by atoms with E-state index in [4.69, 9.17) is 4.98 Å². The molecule has 2 aromatic rings. The Morgan fingerprint density at radius 1 is 1.30 bits per heavy atom. The van der Waals surface area contributed by atoms with Gasteiger partial charge in [0.05, 0.1) is 10.1 Å². The van der Waals surface area contributed by atoms with Gasteiger partial charge in [0.2, 0.25) is 0 Å². The summed E-state index contributed by atoms with van der Waals surface area (Å²) in [6.07, 6.45) is 7.35. The number of thioether (sulfide) groups is 1. The van der Waals surface area contributed by atoms with E-state index in [2.05, 4.69) is 6.58 Å². The van der Waals surface area contributed by atoms with Crippen molar-refractivity contribution in [1.29, 1.82) is 0 Å². The highest BCUT2D eigenvalue weighted by atomic mass is 32.2. The van der Waals surface area contributed by atoms with Crippen LogP contribution in [0.5, 0.6) is 0 Å². The fraction of sp³-hybridized carbons (Fsp3) is 0.579. The number of sulfone groups is 1. The Morgan fingerprint density at radius 2 is 1.96 bits per heavy atom. The molecule has 1 saturated carbocycles. The first kappa shape index (κ1) is 20.6. The van der Waals surface area contributed by atoms with Gasteiger partial charge in [-0.1, -0.05) is 37.1 Å². The molecule has 0 atom stereocenters. The minimum atomic E-state index is -3.19. The summed E-state index contributed by atoms with van der Waals surface area (Å²) in [6, 6.07) is 0. The van der Waals surface area contributed by atoms with Crippen molar-refractivity contribution in [3.63, 3.8) is 0 Å². The molecule has 0 saturated heterocycles. The molecule has 0 aliphatic heterocycles. The Kier molecular flexibility index (Phi) is 5.89. The molecule has 0 N–H and O–H groups in total. The molecule has 1 aliphatic carbocycles. The molecule has 0 amide bonds. The zero-order valence-corrected chi connectivity index (χ0v) is 18.5. The number of aryl methyl sites for hydroxylation is 2. The van der Waals surface area contributed by atoms with Crippen molar-refractivity contribution in [2.45, 2.75) is 62.4 Å². The van der Waals surface area contributed by atoms with Gasteiger partial charge in [0.1, 0.15) is 4.83 Å². The van der Waals surface area contributed by atoms with Crippen molar-refractivity contribution in [2.75, 3.05) is 12.0 Å². The Labute approximate surface area is 168 Å². The van der Waals surface area contributed by atoms with E-state index >= 15 is 0 Å². The van der Waals surface area contributed by atoms with E-state index in [-0.39, 0.29) is 5.56 Å². The highest BCUT2D eigenvalue weighted by Crippen LogP contribution is 2.39. The lowest BCUT2D eigenvalue weighted by Gasteiger charge is -2.35. The first-order valence-corrected chi connectivity index (χ1v) is 12.8. The second-order valence-corrected chi connectivity index (χ2v) is 11.9. The first-order chi connectivity index (χ1) is 12.7. The highest BCUT2D eigenvalue weighted by molar-refractivity contribution is 8.00. The normalized spacial score (nSPS) is 17.3. The largest absolute Gasteiger partial charge is 0.283 e. The van der Waals surface area contributed by atoms with Gasteiger partial charge in [-0.25, -0.2) is 13.4 Å². The van der Waals surface area contributed by atoms with E-state index in [1.54, 1.807) is 10.6 Å². The van der Waals surface area contributed by atoms with Gasteiger partial charge >= 0.3 is 0 Å². The fourth-order valence-electron chi connectivity index (χ4n) is 3.72. The van der Waals surface area contributed by atoms with Crippen LogP contribution in [0, 0.1) is 13.8 Å². The average Bonchev–Trinajstić information content (AvgIpc) is 2.90. The van der Waals surface area contributed by atoms with Crippen molar-refractivity contribution >= 4 is 43.2 Å². The van der Waals surface area contributed by atoms with Crippen LogP contribution in [0.2, 0.25) is 0 Å². The molecule has 2 heterocycles. The van der Waals surface area contributed by atoms with Crippen LogP contribution in [0.4, 0.5) is 0 Å². The van der Waals surface area contributed by atoms with E-state index in [1.165, 1.54) is 29.4 Å². The van der Waals surface area contributed by atoms with Gasteiger partial charge in [0.15, 0.2) is 15.0 Å². The van der Waals surface area contributed by atoms with Crippen LogP contribution in [-0.2, 0) is 16.4 Å². The molecule has 3 rings (SSSR count). The zero-order chi connectivity index (χ0) is 19.8. The lowest BCUT2D eigenvalue weighted by atomic mass is 9.90. The number of allylic oxidation sites excluding steroid dienone is 1. The highest BCUT2D eigenvalue weighted by Gasteiger charge is 2.42. The summed E-state index contributed by atoms with van der Waals surface area (Å²) in [4.78, 5) is 19.6. The number of fused-ring (bicyclic) bond motifs is 1. The van der Waals surface area contributed by atoms with Crippen molar-refractivity contribution in [2.24, 2.45) is 0 Å². The molecule has 0 spiro atoms. The molecule has 148 valence electrons. The second-order valence-electron chi connectivity index (χ2n) is 7.37. The Balaban J connectivity index is 2.04. The molecule has 5 nitrogen and oxygen atoms in total. The maximum atomic E-state index is 13.1. The average molecular weight is 427 g/mol. The minimum absolute atomic E-state index is 0.0682. The topological polar surface area (TPSA) is 69.0 Å². The van der Waals surface area contributed by atoms with E-state index < -0.39 is 14.6 Å². The van der Waals surface area contributed by atoms with Gasteiger partial charge in [-0.2, -0.15) is 0 Å².